The molecule has 0 fully saturated rings. The highest BCUT2D eigenvalue weighted by atomic mass is 16.7. The predicted molar refractivity (Wildman–Crippen MR) is 84.8 cm³/mol. The molecule has 1 amide bonds. The van der Waals surface area contributed by atoms with Crippen LogP contribution < -0.4 is 10.5 Å². The number of amides is 1. The molecule has 23 heavy (non-hydrogen) atoms. The topological polar surface area (TPSA) is 91.0 Å². The molecule has 1 aliphatic rings. The van der Waals surface area contributed by atoms with Gasteiger partial charge in [0.1, 0.15) is 5.75 Å². The number of unbranched alkanes of at least 4 members (excludes halogenated alkanes) is 1. The van der Waals surface area contributed by atoms with Gasteiger partial charge in [-0.1, -0.05) is 12.1 Å². The van der Waals surface area contributed by atoms with E-state index in [4.69, 9.17) is 25.1 Å². The molecule has 0 bridgehead atoms. The maximum atomic E-state index is 11.5. The fraction of sp³-hybridized carbons (Fsp3) is 0.471. The van der Waals surface area contributed by atoms with Crippen molar-refractivity contribution in [3.63, 3.8) is 0 Å². The van der Waals surface area contributed by atoms with Crippen LogP contribution in [-0.2, 0) is 14.3 Å². The largest absolute Gasteiger partial charge is 0.497 e. The van der Waals surface area contributed by atoms with Crippen molar-refractivity contribution in [1.29, 1.82) is 0 Å². The highest BCUT2D eigenvalue weighted by Gasteiger charge is 2.27. The van der Waals surface area contributed by atoms with Crippen LogP contribution >= 0.6 is 0 Å². The monoisotopic (exact) mass is 321 g/mol. The predicted octanol–water partition coefficient (Wildman–Crippen LogP) is 1.68. The third-order valence-corrected chi connectivity index (χ3v) is 3.70. The van der Waals surface area contributed by atoms with Gasteiger partial charge >= 0.3 is 0 Å². The second-order valence-corrected chi connectivity index (χ2v) is 5.36. The molecule has 0 spiro atoms. The Morgan fingerprint density at radius 2 is 2.09 bits per heavy atom. The Morgan fingerprint density at radius 3 is 2.70 bits per heavy atom. The quantitative estimate of drug-likeness (QED) is 0.711. The molecule has 0 saturated heterocycles. The van der Waals surface area contributed by atoms with Crippen LogP contribution in [0, 0.1) is 0 Å². The van der Waals surface area contributed by atoms with Crippen molar-refractivity contribution in [2.75, 3.05) is 20.3 Å². The highest BCUT2D eigenvalue weighted by Crippen LogP contribution is 2.32. The van der Waals surface area contributed by atoms with Crippen molar-refractivity contribution in [3.05, 3.63) is 41.7 Å². The number of rotatable bonds is 8. The van der Waals surface area contributed by atoms with Gasteiger partial charge in [0.15, 0.2) is 5.76 Å². The molecule has 2 rings (SSSR count). The Bertz CT molecular complexity index is 540. The minimum absolute atomic E-state index is 0.0139. The number of hydrogen-bond donors (Lipinski definition) is 2. The van der Waals surface area contributed by atoms with Gasteiger partial charge in [-0.3, -0.25) is 4.79 Å². The van der Waals surface area contributed by atoms with E-state index in [1.165, 1.54) is 0 Å². The Morgan fingerprint density at radius 1 is 1.35 bits per heavy atom. The minimum Gasteiger partial charge on any atom is -0.497 e. The maximum Gasteiger partial charge on any atom is 0.283 e. The summed E-state index contributed by atoms with van der Waals surface area (Å²) in [6.45, 7) is 0.600. The summed E-state index contributed by atoms with van der Waals surface area (Å²) in [5.41, 5.74) is 6.39. The van der Waals surface area contributed by atoms with Crippen LogP contribution in [0.15, 0.2) is 36.1 Å². The third-order valence-electron chi connectivity index (χ3n) is 3.70. The average molecular weight is 321 g/mol. The first-order valence-corrected chi connectivity index (χ1v) is 7.68. The van der Waals surface area contributed by atoms with Crippen molar-refractivity contribution in [1.82, 2.24) is 0 Å². The van der Waals surface area contributed by atoms with E-state index in [-0.39, 0.29) is 18.3 Å². The molecule has 0 radical (unpaired) electrons. The van der Waals surface area contributed by atoms with Crippen molar-refractivity contribution in [2.45, 2.75) is 31.5 Å². The summed E-state index contributed by atoms with van der Waals surface area (Å²) < 4.78 is 16.3. The Hall–Kier alpha value is -2.05. The zero-order valence-electron chi connectivity index (χ0n) is 13.2. The molecular formula is C17H23NO5. The van der Waals surface area contributed by atoms with E-state index >= 15 is 0 Å². The molecule has 3 N–H and O–H groups in total. The zero-order chi connectivity index (χ0) is 16.7. The number of aliphatic hydroxyl groups excluding tert-OH is 1. The number of benzene rings is 1. The SMILES string of the molecule is COc1ccc([C@@H]2C=C(C(N)=O)O[C@H](OCCCCO)C2)cc1. The van der Waals surface area contributed by atoms with Gasteiger partial charge in [-0.2, -0.15) is 0 Å². The number of primary amides is 1. The first-order valence-electron chi connectivity index (χ1n) is 7.68. The van der Waals surface area contributed by atoms with Crippen LogP contribution in [0.1, 0.15) is 30.7 Å². The lowest BCUT2D eigenvalue weighted by atomic mass is 9.93. The summed E-state index contributed by atoms with van der Waals surface area (Å²) in [5.74, 6) is 0.285. The lowest BCUT2D eigenvalue weighted by molar-refractivity contribution is -0.144. The molecule has 1 aliphatic heterocycles. The van der Waals surface area contributed by atoms with E-state index in [0.717, 1.165) is 17.7 Å². The second-order valence-electron chi connectivity index (χ2n) is 5.36. The summed E-state index contributed by atoms with van der Waals surface area (Å²) in [4.78, 5) is 11.5. The minimum atomic E-state index is -0.604. The van der Waals surface area contributed by atoms with Crippen molar-refractivity contribution >= 4 is 5.91 Å². The average Bonchev–Trinajstić information content (AvgIpc) is 2.58. The third kappa shape index (κ3) is 4.97. The molecule has 6 nitrogen and oxygen atoms in total. The lowest BCUT2D eigenvalue weighted by Crippen LogP contribution is -2.29. The van der Waals surface area contributed by atoms with Gasteiger partial charge in [-0.05, 0) is 36.6 Å². The van der Waals surface area contributed by atoms with E-state index in [1.807, 2.05) is 24.3 Å². The van der Waals surface area contributed by atoms with Gasteiger partial charge in [0.25, 0.3) is 5.91 Å². The van der Waals surface area contributed by atoms with Crippen LogP contribution in [0.4, 0.5) is 0 Å². The van der Waals surface area contributed by atoms with E-state index < -0.39 is 12.2 Å². The lowest BCUT2D eigenvalue weighted by Gasteiger charge is -2.28. The molecule has 6 heteroatoms. The summed E-state index contributed by atoms with van der Waals surface area (Å²) >= 11 is 0. The summed E-state index contributed by atoms with van der Waals surface area (Å²) in [6, 6.07) is 7.65. The molecule has 0 saturated carbocycles. The van der Waals surface area contributed by atoms with Crippen LogP contribution in [0.2, 0.25) is 0 Å². The van der Waals surface area contributed by atoms with Crippen LogP contribution in [0.25, 0.3) is 0 Å². The van der Waals surface area contributed by atoms with E-state index in [1.54, 1.807) is 13.2 Å². The van der Waals surface area contributed by atoms with E-state index in [9.17, 15) is 4.79 Å². The number of carbonyl (C=O) groups is 1. The van der Waals surface area contributed by atoms with Gasteiger partial charge in [0.05, 0.1) is 13.7 Å². The summed E-state index contributed by atoms with van der Waals surface area (Å²) in [6.07, 6.45) is 3.22. The van der Waals surface area contributed by atoms with Crippen LogP contribution in [0.3, 0.4) is 0 Å². The number of carbonyl (C=O) groups excluding carboxylic acids is 1. The fourth-order valence-corrected chi connectivity index (χ4v) is 2.44. The molecule has 1 aromatic rings. The molecule has 1 aromatic carbocycles. The van der Waals surface area contributed by atoms with Gasteiger partial charge in [0.2, 0.25) is 6.29 Å². The molecule has 126 valence electrons. The standard InChI is InChI=1S/C17H23NO5/c1-21-14-6-4-12(5-7-14)13-10-15(17(18)20)23-16(11-13)22-9-3-2-8-19/h4-7,10,13,16,19H,2-3,8-9,11H2,1H3,(H2,18,20)/t13-,16+/m1/s1. The number of allylic oxidation sites excluding steroid dienone is 1. The van der Waals surface area contributed by atoms with Crippen LogP contribution in [-0.4, -0.2) is 37.6 Å². The maximum absolute atomic E-state index is 11.5. The fourth-order valence-electron chi connectivity index (χ4n) is 2.44. The van der Waals surface area contributed by atoms with Gasteiger partial charge in [-0.25, -0.2) is 0 Å². The first kappa shape index (κ1) is 17.3. The molecular weight excluding hydrogens is 298 g/mol. The number of methoxy groups -OCH3 is 1. The zero-order valence-corrected chi connectivity index (χ0v) is 13.2. The Kier molecular flexibility index (Phi) is 6.43. The normalized spacial score (nSPS) is 20.5. The molecule has 2 atom stereocenters. The number of aliphatic hydroxyl groups is 1. The van der Waals surface area contributed by atoms with E-state index in [2.05, 4.69) is 0 Å². The molecule has 0 unspecified atom stereocenters. The molecule has 0 aliphatic carbocycles. The van der Waals surface area contributed by atoms with Gasteiger partial charge in [-0.15, -0.1) is 0 Å². The van der Waals surface area contributed by atoms with E-state index in [0.29, 0.717) is 19.4 Å². The Labute approximate surface area is 135 Å². The van der Waals surface area contributed by atoms with Gasteiger partial charge < -0.3 is 25.1 Å². The molecule has 1 heterocycles. The van der Waals surface area contributed by atoms with Gasteiger partial charge in [0, 0.05) is 18.9 Å². The smallest absolute Gasteiger partial charge is 0.283 e. The second kappa shape index (κ2) is 8.55. The highest BCUT2D eigenvalue weighted by molar-refractivity contribution is 5.90. The van der Waals surface area contributed by atoms with Crippen molar-refractivity contribution in [3.8, 4) is 5.75 Å². The van der Waals surface area contributed by atoms with Crippen LogP contribution in [0.5, 0.6) is 5.75 Å². The Balaban J connectivity index is 2.07. The number of nitrogens with two attached hydrogens (primary N) is 1. The summed E-state index contributed by atoms with van der Waals surface area (Å²) in [7, 11) is 1.62. The number of hydrogen-bond acceptors (Lipinski definition) is 5. The number of ether oxygens (including phenoxy) is 3. The van der Waals surface area contributed by atoms with Crippen molar-refractivity contribution < 1.29 is 24.1 Å². The van der Waals surface area contributed by atoms with Crippen molar-refractivity contribution in [2.24, 2.45) is 5.73 Å². The first-order chi connectivity index (χ1) is 11.1. The summed E-state index contributed by atoms with van der Waals surface area (Å²) in [5, 5.41) is 8.78. The molecule has 0 aromatic heterocycles.